The molecule has 0 aromatic heterocycles. The van der Waals surface area contributed by atoms with Crippen LogP contribution in [-0.4, -0.2) is 43.0 Å². The smallest absolute Gasteiger partial charge is 0.253 e. The molecule has 1 fully saturated rings. The molecule has 1 aliphatic rings. The van der Waals surface area contributed by atoms with Crippen LogP contribution >= 0.6 is 0 Å². The summed E-state index contributed by atoms with van der Waals surface area (Å²) in [6.07, 6.45) is 2.04. The fourth-order valence-corrected chi connectivity index (χ4v) is 4.53. The highest BCUT2D eigenvalue weighted by Gasteiger charge is 2.26. The number of likely N-dealkylation sites (tertiary alicyclic amines) is 1. The number of benzene rings is 3. The van der Waals surface area contributed by atoms with Gasteiger partial charge in [0.1, 0.15) is 11.5 Å². The van der Waals surface area contributed by atoms with Crippen LogP contribution in [0.2, 0.25) is 0 Å². The van der Waals surface area contributed by atoms with Gasteiger partial charge in [-0.15, -0.1) is 0 Å². The Balaban J connectivity index is 1.37. The summed E-state index contributed by atoms with van der Waals surface area (Å²) in [7, 11) is 1.61. The van der Waals surface area contributed by atoms with Gasteiger partial charge < -0.3 is 19.7 Å². The number of piperidine rings is 1. The van der Waals surface area contributed by atoms with E-state index in [4.69, 9.17) is 9.47 Å². The zero-order chi connectivity index (χ0) is 25.5. The van der Waals surface area contributed by atoms with Crippen molar-refractivity contribution in [3.63, 3.8) is 0 Å². The lowest BCUT2D eigenvalue weighted by atomic mass is 9.89. The molecule has 0 unspecified atom stereocenters. The molecule has 6 nitrogen and oxygen atoms in total. The Morgan fingerprint density at radius 2 is 1.69 bits per heavy atom. The first-order chi connectivity index (χ1) is 17.4. The second kappa shape index (κ2) is 11.8. The standard InChI is InChI=1S/C30H34N2O4/c1-21(2)36-28-13-9-22(10-14-28)19-31-29(33)25-7-4-6-24(18-25)26-8-5-17-32(20-26)30(34)23-11-15-27(35-3)16-12-23/h4,6-7,9-16,18,21,26H,5,8,17,19-20H2,1-3H3,(H,31,33)/t26-/m1/s1. The molecular weight excluding hydrogens is 452 g/mol. The molecule has 0 aliphatic carbocycles. The molecule has 1 saturated heterocycles. The fraction of sp³-hybridized carbons (Fsp3) is 0.333. The number of methoxy groups -OCH3 is 1. The van der Waals surface area contributed by atoms with Crippen molar-refractivity contribution in [1.29, 1.82) is 0 Å². The zero-order valence-corrected chi connectivity index (χ0v) is 21.2. The molecule has 188 valence electrons. The second-order valence-electron chi connectivity index (χ2n) is 9.44. The highest BCUT2D eigenvalue weighted by atomic mass is 16.5. The van der Waals surface area contributed by atoms with E-state index in [2.05, 4.69) is 11.4 Å². The zero-order valence-electron chi connectivity index (χ0n) is 21.2. The predicted molar refractivity (Wildman–Crippen MR) is 141 cm³/mol. The second-order valence-corrected chi connectivity index (χ2v) is 9.44. The number of ether oxygens (including phenoxy) is 2. The Hall–Kier alpha value is -3.80. The van der Waals surface area contributed by atoms with Crippen molar-refractivity contribution >= 4 is 11.8 Å². The number of carbonyl (C=O) groups excluding carboxylic acids is 2. The summed E-state index contributed by atoms with van der Waals surface area (Å²) in [4.78, 5) is 27.8. The van der Waals surface area contributed by atoms with Crippen molar-refractivity contribution in [1.82, 2.24) is 10.2 Å². The molecule has 0 bridgehead atoms. The Morgan fingerprint density at radius 3 is 2.39 bits per heavy atom. The Labute approximate surface area is 213 Å². The average Bonchev–Trinajstić information content (AvgIpc) is 2.92. The van der Waals surface area contributed by atoms with Gasteiger partial charge in [-0.25, -0.2) is 0 Å². The quantitative estimate of drug-likeness (QED) is 0.461. The van der Waals surface area contributed by atoms with Crippen LogP contribution in [0.1, 0.15) is 64.4 Å². The van der Waals surface area contributed by atoms with Crippen molar-refractivity contribution in [2.75, 3.05) is 20.2 Å². The Kier molecular flexibility index (Phi) is 8.26. The number of carbonyl (C=O) groups is 2. The molecule has 3 aromatic carbocycles. The van der Waals surface area contributed by atoms with Crippen LogP contribution in [0.15, 0.2) is 72.8 Å². The van der Waals surface area contributed by atoms with Gasteiger partial charge in [0.05, 0.1) is 13.2 Å². The lowest BCUT2D eigenvalue weighted by molar-refractivity contribution is 0.0706. The van der Waals surface area contributed by atoms with Gasteiger partial charge in [-0.05, 0) is 86.3 Å². The molecular formula is C30H34N2O4. The van der Waals surface area contributed by atoms with Gasteiger partial charge in [0.25, 0.3) is 11.8 Å². The molecule has 1 aliphatic heterocycles. The first-order valence-electron chi connectivity index (χ1n) is 12.5. The number of hydrogen-bond acceptors (Lipinski definition) is 4. The SMILES string of the molecule is COc1ccc(C(=O)N2CCC[C@@H](c3cccc(C(=O)NCc4ccc(OC(C)C)cc4)c3)C2)cc1. The van der Waals surface area contributed by atoms with Gasteiger partial charge in [0, 0.05) is 36.7 Å². The summed E-state index contributed by atoms with van der Waals surface area (Å²) in [6, 6.07) is 22.8. The van der Waals surface area contributed by atoms with Gasteiger partial charge in [0.2, 0.25) is 0 Å². The molecule has 6 heteroatoms. The molecule has 36 heavy (non-hydrogen) atoms. The van der Waals surface area contributed by atoms with Crippen molar-refractivity contribution in [3.8, 4) is 11.5 Å². The van der Waals surface area contributed by atoms with Crippen LogP contribution < -0.4 is 14.8 Å². The number of nitrogens with one attached hydrogen (secondary N) is 1. The molecule has 2 amide bonds. The van der Waals surface area contributed by atoms with Gasteiger partial charge >= 0.3 is 0 Å². The van der Waals surface area contributed by atoms with Gasteiger partial charge in [-0.2, -0.15) is 0 Å². The minimum Gasteiger partial charge on any atom is -0.497 e. The van der Waals surface area contributed by atoms with Gasteiger partial charge in [0.15, 0.2) is 0 Å². The number of hydrogen-bond donors (Lipinski definition) is 1. The minimum absolute atomic E-state index is 0.0288. The number of nitrogens with zero attached hydrogens (tertiary/aromatic N) is 1. The highest BCUT2D eigenvalue weighted by Crippen LogP contribution is 2.28. The minimum atomic E-state index is -0.110. The Morgan fingerprint density at radius 1 is 0.972 bits per heavy atom. The normalized spacial score (nSPS) is 15.4. The molecule has 1 atom stereocenters. The molecule has 0 spiro atoms. The topological polar surface area (TPSA) is 67.9 Å². The van der Waals surface area contributed by atoms with E-state index in [9.17, 15) is 9.59 Å². The Bertz CT molecular complexity index is 1170. The molecule has 0 radical (unpaired) electrons. The lowest BCUT2D eigenvalue weighted by Gasteiger charge is -2.33. The van der Waals surface area contributed by atoms with E-state index < -0.39 is 0 Å². The maximum atomic E-state index is 13.1. The van der Waals surface area contributed by atoms with E-state index in [1.54, 1.807) is 19.2 Å². The van der Waals surface area contributed by atoms with Crippen molar-refractivity contribution < 1.29 is 19.1 Å². The van der Waals surface area contributed by atoms with Gasteiger partial charge in [-0.1, -0.05) is 24.3 Å². The fourth-order valence-electron chi connectivity index (χ4n) is 4.53. The summed E-state index contributed by atoms with van der Waals surface area (Å²) in [6.45, 7) is 5.81. The van der Waals surface area contributed by atoms with Crippen LogP contribution in [0.3, 0.4) is 0 Å². The number of rotatable bonds is 8. The molecule has 4 rings (SSSR count). The maximum absolute atomic E-state index is 13.1. The predicted octanol–water partition coefficient (Wildman–Crippen LogP) is 5.43. The monoisotopic (exact) mass is 486 g/mol. The van der Waals surface area contributed by atoms with Crippen LogP contribution in [-0.2, 0) is 6.54 Å². The number of amides is 2. The first kappa shape index (κ1) is 25.3. The molecule has 1 heterocycles. The van der Waals surface area contributed by atoms with E-state index >= 15 is 0 Å². The van der Waals surface area contributed by atoms with Crippen LogP contribution in [0.25, 0.3) is 0 Å². The van der Waals surface area contributed by atoms with Crippen molar-refractivity contribution in [2.45, 2.75) is 45.3 Å². The van der Waals surface area contributed by atoms with E-state index in [1.165, 1.54) is 0 Å². The summed E-state index contributed by atoms with van der Waals surface area (Å²) in [5.41, 5.74) is 3.39. The first-order valence-corrected chi connectivity index (χ1v) is 12.5. The summed E-state index contributed by atoms with van der Waals surface area (Å²) < 4.78 is 10.9. The van der Waals surface area contributed by atoms with E-state index in [0.717, 1.165) is 42.0 Å². The van der Waals surface area contributed by atoms with Crippen molar-refractivity contribution in [3.05, 3.63) is 95.1 Å². The van der Waals surface area contributed by atoms with E-state index in [-0.39, 0.29) is 23.8 Å². The third kappa shape index (κ3) is 6.45. The summed E-state index contributed by atoms with van der Waals surface area (Å²) >= 11 is 0. The van der Waals surface area contributed by atoms with Gasteiger partial charge in [-0.3, -0.25) is 9.59 Å². The third-order valence-electron chi connectivity index (χ3n) is 6.41. The van der Waals surface area contributed by atoms with Crippen LogP contribution in [0, 0.1) is 0 Å². The summed E-state index contributed by atoms with van der Waals surface area (Å²) in [5, 5.41) is 3.01. The largest absolute Gasteiger partial charge is 0.497 e. The molecule has 0 saturated carbocycles. The van der Waals surface area contributed by atoms with Crippen LogP contribution in [0.5, 0.6) is 11.5 Å². The maximum Gasteiger partial charge on any atom is 0.253 e. The lowest BCUT2D eigenvalue weighted by Crippen LogP contribution is -2.39. The van der Waals surface area contributed by atoms with Crippen molar-refractivity contribution in [2.24, 2.45) is 0 Å². The third-order valence-corrected chi connectivity index (χ3v) is 6.41. The molecule has 1 N–H and O–H groups in total. The van der Waals surface area contributed by atoms with Crippen LogP contribution in [0.4, 0.5) is 0 Å². The average molecular weight is 487 g/mol. The molecule has 3 aromatic rings. The highest BCUT2D eigenvalue weighted by molar-refractivity contribution is 5.95. The van der Waals surface area contributed by atoms with E-state index in [0.29, 0.717) is 24.2 Å². The summed E-state index contributed by atoms with van der Waals surface area (Å²) in [5.74, 6) is 1.67. The van der Waals surface area contributed by atoms with E-state index in [1.807, 2.05) is 73.3 Å².